The first kappa shape index (κ1) is 21.9. The molecule has 0 fully saturated rings. The first-order valence-electron chi connectivity index (χ1n) is 10.1. The molecule has 0 saturated heterocycles. The van der Waals surface area contributed by atoms with Crippen molar-refractivity contribution in [3.8, 4) is 11.3 Å². The van der Waals surface area contributed by atoms with Crippen LogP contribution < -0.4 is 0 Å². The fourth-order valence-corrected chi connectivity index (χ4v) is 4.80. The van der Waals surface area contributed by atoms with Crippen molar-refractivity contribution < 1.29 is 5.11 Å². The predicted octanol–water partition coefficient (Wildman–Crippen LogP) is 6.27. The largest absolute Gasteiger partial charge is 0.374 e. The third-order valence-corrected chi connectivity index (χ3v) is 6.58. The Bertz CT molecular complexity index is 1470. The molecule has 0 amide bonds. The van der Waals surface area contributed by atoms with E-state index < -0.39 is 5.60 Å². The topological polar surface area (TPSA) is 63.8 Å². The second kappa shape index (κ2) is 8.43. The Hall–Kier alpha value is -2.96. The summed E-state index contributed by atoms with van der Waals surface area (Å²) in [6.45, 7) is 0. The van der Waals surface area contributed by atoms with Gasteiger partial charge in [0.25, 0.3) is 0 Å². The molecule has 1 unspecified atom stereocenters. The van der Waals surface area contributed by atoms with Gasteiger partial charge >= 0.3 is 0 Å². The number of aliphatic hydroxyl groups is 1. The molecular formula is C25H17Cl3N4O. The minimum atomic E-state index is -1.52. The second-order valence-electron chi connectivity index (χ2n) is 7.65. The lowest BCUT2D eigenvalue weighted by molar-refractivity contribution is 0.117. The highest BCUT2D eigenvalue weighted by molar-refractivity contribution is 6.42. The van der Waals surface area contributed by atoms with E-state index in [0.717, 1.165) is 0 Å². The van der Waals surface area contributed by atoms with E-state index in [1.807, 2.05) is 37.4 Å². The number of aryl methyl sites for hydroxylation is 1. The number of imidazole rings is 1. The first-order valence-corrected chi connectivity index (χ1v) is 11.2. The van der Waals surface area contributed by atoms with Gasteiger partial charge in [-0.3, -0.25) is 4.98 Å². The van der Waals surface area contributed by atoms with Crippen molar-refractivity contribution in [2.75, 3.05) is 0 Å². The van der Waals surface area contributed by atoms with Crippen LogP contribution in [0.2, 0.25) is 15.2 Å². The zero-order valence-electron chi connectivity index (χ0n) is 17.4. The van der Waals surface area contributed by atoms with Crippen LogP contribution in [0.3, 0.4) is 0 Å². The Labute approximate surface area is 205 Å². The third-order valence-electron chi connectivity index (χ3n) is 5.67. The molecule has 0 radical (unpaired) electrons. The van der Waals surface area contributed by atoms with Gasteiger partial charge in [-0.2, -0.15) is 0 Å². The number of nitrogens with zero attached hydrogens (tertiary/aromatic N) is 4. The average molecular weight is 496 g/mol. The lowest BCUT2D eigenvalue weighted by Gasteiger charge is -2.30. The fourth-order valence-electron chi connectivity index (χ4n) is 4.01. The molecule has 8 heteroatoms. The van der Waals surface area contributed by atoms with E-state index in [0.29, 0.717) is 49.0 Å². The number of hydrogen-bond donors (Lipinski definition) is 1. The van der Waals surface area contributed by atoms with Crippen LogP contribution in [-0.4, -0.2) is 24.6 Å². The van der Waals surface area contributed by atoms with E-state index in [2.05, 4.69) is 15.0 Å². The smallest absolute Gasteiger partial charge is 0.156 e. The van der Waals surface area contributed by atoms with Crippen molar-refractivity contribution in [2.45, 2.75) is 5.60 Å². The van der Waals surface area contributed by atoms with Crippen LogP contribution in [0, 0.1) is 0 Å². The van der Waals surface area contributed by atoms with Crippen LogP contribution in [0.4, 0.5) is 0 Å². The van der Waals surface area contributed by atoms with Crippen LogP contribution in [0.15, 0.2) is 79.4 Å². The molecule has 3 aromatic heterocycles. The Morgan fingerprint density at radius 2 is 1.70 bits per heavy atom. The highest BCUT2D eigenvalue weighted by atomic mass is 35.5. The van der Waals surface area contributed by atoms with Gasteiger partial charge in [-0.05, 0) is 47.5 Å². The third kappa shape index (κ3) is 3.67. The van der Waals surface area contributed by atoms with Gasteiger partial charge < -0.3 is 9.67 Å². The minimum absolute atomic E-state index is 0.263. The van der Waals surface area contributed by atoms with Crippen LogP contribution in [0.1, 0.15) is 16.8 Å². The van der Waals surface area contributed by atoms with E-state index in [9.17, 15) is 5.11 Å². The number of pyridine rings is 2. The van der Waals surface area contributed by atoms with Crippen LogP contribution in [0.5, 0.6) is 0 Å². The molecule has 0 spiro atoms. The summed E-state index contributed by atoms with van der Waals surface area (Å²) in [6.07, 6.45) is 4.95. The van der Waals surface area contributed by atoms with Crippen LogP contribution >= 0.6 is 34.8 Å². The van der Waals surface area contributed by atoms with E-state index in [4.69, 9.17) is 34.8 Å². The highest BCUT2D eigenvalue weighted by Gasteiger charge is 2.37. The van der Waals surface area contributed by atoms with Gasteiger partial charge in [0.2, 0.25) is 0 Å². The zero-order valence-corrected chi connectivity index (χ0v) is 19.6. The van der Waals surface area contributed by atoms with E-state index in [1.54, 1.807) is 53.6 Å². The summed E-state index contributed by atoms with van der Waals surface area (Å²) in [6, 6.07) is 18.0. The maximum absolute atomic E-state index is 12.2. The molecule has 0 bridgehead atoms. The summed E-state index contributed by atoms with van der Waals surface area (Å²) < 4.78 is 1.78. The van der Waals surface area contributed by atoms with Gasteiger partial charge in [0, 0.05) is 23.7 Å². The SMILES string of the molecule is Cn1cncc1C(O)(c1ccc(Cl)cc1)c1ccc2nc(Cl)c(-c3ccccn3)c(Cl)c2c1. The number of benzene rings is 2. The second-order valence-corrected chi connectivity index (χ2v) is 8.82. The lowest BCUT2D eigenvalue weighted by Crippen LogP contribution is -2.31. The summed E-state index contributed by atoms with van der Waals surface area (Å²) in [5.41, 5.74) is 2.07. The normalized spacial score (nSPS) is 13.2. The molecule has 1 N–H and O–H groups in total. The summed E-state index contributed by atoms with van der Waals surface area (Å²) >= 11 is 19.4. The van der Waals surface area contributed by atoms with Gasteiger partial charge in [0.15, 0.2) is 5.60 Å². The molecule has 0 saturated carbocycles. The summed E-state index contributed by atoms with van der Waals surface area (Å²) in [7, 11) is 1.83. The zero-order chi connectivity index (χ0) is 23.2. The first-order chi connectivity index (χ1) is 15.9. The molecule has 1 atom stereocenters. The molecule has 5 aromatic rings. The Morgan fingerprint density at radius 3 is 2.36 bits per heavy atom. The van der Waals surface area contributed by atoms with Gasteiger partial charge in [-0.15, -0.1) is 0 Å². The monoisotopic (exact) mass is 494 g/mol. The van der Waals surface area contributed by atoms with Crippen LogP contribution in [-0.2, 0) is 12.6 Å². The van der Waals surface area contributed by atoms with Gasteiger partial charge in [0.05, 0.1) is 40.0 Å². The quantitative estimate of drug-likeness (QED) is 0.298. The van der Waals surface area contributed by atoms with Gasteiger partial charge in [-0.25, -0.2) is 9.97 Å². The lowest BCUT2D eigenvalue weighted by atomic mass is 9.83. The number of hydrogen-bond acceptors (Lipinski definition) is 4. The van der Waals surface area contributed by atoms with E-state index >= 15 is 0 Å². The molecule has 2 aromatic carbocycles. The summed E-state index contributed by atoms with van der Waals surface area (Å²) in [5.74, 6) is 0. The fraction of sp³-hybridized carbons (Fsp3) is 0.0800. The van der Waals surface area contributed by atoms with Crippen molar-refractivity contribution >= 4 is 45.7 Å². The number of aromatic nitrogens is 4. The number of rotatable bonds is 4. The molecule has 5 rings (SSSR count). The Kier molecular flexibility index (Phi) is 5.59. The van der Waals surface area contributed by atoms with Crippen LogP contribution in [0.25, 0.3) is 22.2 Å². The molecule has 164 valence electrons. The Balaban J connectivity index is 1.78. The van der Waals surface area contributed by atoms with E-state index in [1.165, 1.54) is 0 Å². The minimum Gasteiger partial charge on any atom is -0.374 e. The standard InChI is InChI=1S/C25H17Cl3N4O/c1-32-14-29-13-21(32)25(33,15-5-8-17(26)9-6-15)16-7-10-19-18(12-16)23(27)22(24(28)31-19)20-4-2-3-11-30-20/h2-14,33H,1H3. The molecule has 33 heavy (non-hydrogen) atoms. The number of halogens is 3. The van der Waals surface area contributed by atoms with Gasteiger partial charge in [-0.1, -0.05) is 59.1 Å². The molecular weight excluding hydrogens is 479 g/mol. The summed E-state index contributed by atoms with van der Waals surface area (Å²) in [5, 5.41) is 14.1. The van der Waals surface area contributed by atoms with Crippen molar-refractivity contribution in [1.82, 2.24) is 19.5 Å². The van der Waals surface area contributed by atoms with Crippen molar-refractivity contribution in [2.24, 2.45) is 7.05 Å². The molecule has 0 aliphatic heterocycles. The number of fused-ring (bicyclic) bond motifs is 1. The van der Waals surface area contributed by atoms with Crippen molar-refractivity contribution in [3.63, 3.8) is 0 Å². The molecule has 0 aliphatic rings. The predicted molar refractivity (Wildman–Crippen MR) is 132 cm³/mol. The average Bonchev–Trinajstić information content (AvgIpc) is 3.26. The maximum atomic E-state index is 12.2. The maximum Gasteiger partial charge on any atom is 0.156 e. The van der Waals surface area contributed by atoms with Gasteiger partial charge in [0.1, 0.15) is 5.15 Å². The highest BCUT2D eigenvalue weighted by Crippen LogP contribution is 2.42. The molecule has 0 aliphatic carbocycles. The van der Waals surface area contributed by atoms with E-state index in [-0.39, 0.29) is 5.15 Å². The van der Waals surface area contributed by atoms with Crippen molar-refractivity contribution in [3.05, 3.63) is 111 Å². The Morgan fingerprint density at radius 1 is 0.939 bits per heavy atom. The molecule has 3 heterocycles. The molecule has 5 nitrogen and oxygen atoms in total. The summed E-state index contributed by atoms with van der Waals surface area (Å²) in [4.78, 5) is 13.1. The van der Waals surface area contributed by atoms with Crippen molar-refractivity contribution in [1.29, 1.82) is 0 Å².